The molecule has 6 nitrogen and oxygen atoms in total. The van der Waals surface area contributed by atoms with Gasteiger partial charge in [-0.05, 0) is 42.8 Å². The van der Waals surface area contributed by atoms with Crippen LogP contribution in [0.5, 0.6) is 5.75 Å². The zero-order chi connectivity index (χ0) is 20.1. The fraction of sp³-hybridized carbons (Fsp3) is 0.238. The predicted molar refractivity (Wildman–Crippen MR) is 112 cm³/mol. The molecule has 2 aromatic carbocycles. The summed E-state index contributed by atoms with van der Waals surface area (Å²) in [5.41, 5.74) is 3.98. The zero-order valence-electron chi connectivity index (χ0n) is 16.1. The van der Waals surface area contributed by atoms with Crippen molar-refractivity contribution >= 4 is 23.2 Å². The number of aromatic amines is 1. The quantitative estimate of drug-likeness (QED) is 0.628. The van der Waals surface area contributed by atoms with Crippen molar-refractivity contribution in [1.82, 2.24) is 15.5 Å². The van der Waals surface area contributed by atoms with E-state index in [0.717, 1.165) is 16.8 Å². The lowest BCUT2D eigenvalue weighted by molar-refractivity contribution is 0.0951. The van der Waals surface area contributed by atoms with Crippen LogP contribution in [0.1, 0.15) is 22.8 Å². The van der Waals surface area contributed by atoms with Crippen LogP contribution in [-0.4, -0.2) is 36.8 Å². The molecule has 1 aromatic heterocycles. The Kier molecular flexibility index (Phi) is 6.21. The standard InChI is InChI=1S/C21H23ClN4O2/c1-4-28-19-10-7-15(11-18(19)22)20-17(13-24-25-20)21(27)23-12-14-5-8-16(9-6-14)26(2)3/h5-11,13H,4,12H2,1-3H3,(H,23,27)(H,24,25). The second kappa shape index (κ2) is 8.80. The second-order valence-electron chi connectivity index (χ2n) is 6.48. The molecule has 0 saturated heterocycles. The number of benzene rings is 2. The van der Waals surface area contributed by atoms with E-state index in [0.29, 0.717) is 35.2 Å². The van der Waals surface area contributed by atoms with Crippen molar-refractivity contribution in [2.24, 2.45) is 0 Å². The van der Waals surface area contributed by atoms with E-state index < -0.39 is 0 Å². The minimum atomic E-state index is -0.203. The monoisotopic (exact) mass is 398 g/mol. The van der Waals surface area contributed by atoms with Crippen LogP contribution in [-0.2, 0) is 6.54 Å². The number of anilines is 1. The van der Waals surface area contributed by atoms with E-state index in [4.69, 9.17) is 16.3 Å². The maximum atomic E-state index is 12.7. The largest absolute Gasteiger partial charge is 0.492 e. The summed E-state index contributed by atoms with van der Waals surface area (Å²) < 4.78 is 5.46. The van der Waals surface area contributed by atoms with Crippen molar-refractivity contribution in [3.8, 4) is 17.0 Å². The van der Waals surface area contributed by atoms with Gasteiger partial charge in [0.25, 0.3) is 5.91 Å². The number of nitrogens with zero attached hydrogens (tertiary/aromatic N) is 2. The van der Waals surface area contributed by atoms with Crippen molar-refractivity contribution in [2.45, 2.75) is 13.5 Å². The molecule has 0 radical (unpaired) electrons. The van der Waals surface area contributed by atoms with Crippen molar-refractivity contribution in [2.75, 3.05) is 25.6 Å². The first-order chi connectivity index (χ1) is 13.5. The lowest BCUT2D eigenvalue weighted by Crippen LogP contribution is -2.23. The molecule has 0 bridgehead atoms. The first-order valence-corrected chi connectivity index (χ1v) is 9.38. The maximum Gasteiger partial charge on any atom is 0.255 e. The highest BCUT2D eigenvalue weighted by atomic mass is 35.5. The predicted octanol–water partition coefficient (Wildman–Crippen LogP) is 4.12. The lowest BCUT2D eigenvalue weighted by atomic mass is 10.1. The van der Waals surface area contributed by atoms with Gasteiger partial charge in [-0.15, -0.1) is 0 Å². The van der Waals surface area contributed by atoms with Gasteiger partial charge in [0.2, 0.25) is 0 Å². The Morgan fingerprint density at radius 2 is 1.96 bits per heavy atom. The summed E-state index contributed by atoms with van der Waals surface area (Å²) in [6.07, 6.45) is 1.52. The van der Waals surface area contributed by atoms with Crippen LogP contribution in [0.2, 0.25) is 5.02 Å². The Labute approximate surface area is 169 Å². The van der Waals surface area contributed by atoms with Gasteiger partial charge >= 0.3 is 0 Å². The Bertz CT molecular complexity index is 951. The molecule has 3 rings (SSSR count). The van der Waals surface area contributed by atoms with Gasteiger partial charge in [0.15, 0.2) is 0 Å². The van der Waals surface area contributed by atoms with Crippen LogP contribution in [0, 0.1) is 0 Å². The zero-order valence-corrected chi connectivity index (χ0v) is 16.9. The SMILES string of the molecule is CCOc1ccc(-c2[nH]ncc2C(=O)NCc2ccc(N(C)C)cc2)cc1Cl. The number of hydrogen-bond acceptors (Lipinski definition) is 4. The number of hydrogen-bond donors (Lipinski definition) is 2. The van der Waals surface area contributed by atoms with Gasteiger partial charge in [-0.3, -0.25) is 9.89 Å². The van der Waals surface area contributed by atoms with E-state index in [-0.39, 0.29) is 5.91 Å². The second-order valence-corrected chi connectivity index (χ2v) is 6.89. The molecule has 3 aromatic rings. The van der Waals surface area contributed by atoms with Crippen LogP contribution < -0.4 is 15.0 Å². The fourth-order valence-corrected chi connectivity index (χ4v) is 3.03. The first-order valence-electron chi connectivity index (χ1n) is 9.00. The smallest absolute Gasteiger partial charge is 0.255 e. The maximum absolute atomic E-state index is 12.7. The van der Waals surface area contributed by atoms with Crippen LogP contribution >= 0.6 is 11.6 Å². The van der Waals surface area contributed by atoms with E-state index in [1.165, 1.54) is 6.20 Å². The number of carbonyl (C=O) groups is 1. The van der Waals surface area contributed by atoms with E-state index in [1.54, 1.807) is 12.1 Å². The van der Waals surface area contributed by atoms with Crippen LogP contribution in [0.25, 0.3) is 11.3 Å². The molecule has 0 spiro atoms. The number of amides is 1. The molecule has 0 aliphatic carbocycles. The molecule has 1 amide bonds. The summed E-state index contributed by atoms with van der Waals surface area (Å²) in [5, 5.41) is 10.3. The highest BCUT2D eigenvalue weighted by Crippen LogP contribution is 2.31. The Balaban J connectivity index is 1.72. The number of H-pyrrole nitrogens is 1. The number of ether oxygens (including phenoxy) is 1. The summed E-state index contributed by atoms with van der Waals surface area (Å²) in [6.45, 7) is 2.86. The number of carbonyl (C=O) groups excluding carboxylic acids is 1. The number of aromatic nitrogens is 2. The number of nitrogens with one attached hydrogen (secondary N) is 2. The van der Waals surface area contributed by atoms with Gasteiger partial charge in [0.05, 0.1) is 29.1 Å². The van der Waals surface area contributed by atoms with Gasteiger partial charge in [-0.2, -0.15) is 5.10 Å². The van der Waals surface area contributed by atoms with E-state index in [9.17, 15) is 4.79 Å². The molecule has 1 heterocycles. The summed E-state index contributed by atoms with van der Waals surface area (Å²) in [4.78, 5) is 14.7. The summed E-state index contributed by atoms with van der Waals surface area (Å²) in [5.74, 6) is 0.407. The highest BCUT2D eigenvalue weighted by Gasteiger charge is 2.16. The topological polar surface area (TPSA) is 70.2 Å². The fourth-order valence-electron chi connectivity index (χ4n) is 2.80. The van der Waals surface area contributed by atoms with Gasteiger partial charge in [0, 0.05) is 31.9 Å². The van der Waals surface area contributed by atoms with Crippen molar-refractivity contribution in [1.29, 1.82) is 0 Å². The third kappa shape index (κ3) is 4.46. The van der Waals surface area contributed by atoms with E-state index in [2.05, 4.69) is 15.5 Å². The number of halogens is 1. The Hall–Kier alpha value is -2.99. The first kappa shape index (κ1) is 19.8. The summed E-state index contributed by atoms with van der Waals surface area (Å²) >= 11 is 6.27. The highest BCUT2D eigenvalue weighted by molar-refractivity contribution is 6.32. The molecule has 7 heteroatoms. The molecule has 0 fully saturated rings. The average molecular weight is 399 g/mol. The molecule has 0 atom stereocenters. The van der Waals surface area contributed by atoms with E-state index in [1.807, 2.05) is 56.3 Å². The van der Waals surface area contributed by atoms with Crippen LogP contribution in [0.4, 0.5) is 5.69 Å². The summed E-state index contributed by atoms with van der Waals surface area (Å²) in [6, 6.07) is 13.4. The normalized spacial score (nSPS) is 10.6. The third-order valence-corrected chi connectivity index (χ3v) is 4.61. The third-order valence-electron chi connectivity index (χ3n) is 4.31. The van der Waals surface area contributed by atoms with Crippen molar-refractivity contribution in [3.05, 3.63) is 64.8 Å². The van der Waals surface area contributed by atoms with E-state index >= 15 is 0 Å². The number of rotatable bonds is 7. The summed E-state index contributed by atoms with van der Waals surface area (Å²) in [7, 11) is 3.98. The van der Waals surface area contributed by atoms with Crippen LogP contribution in [0.15, 0.2) is 48.7 Å². The Morgan fingerprint density at radius 3 is 2.61 bits per heavy atom. The molecule has 0 aliphatic rings. The van der Waals surface area contributed by atoms with Crippen LogP contribution in [0.3, 0.4) is 0 Å². The van der Waals surface area contributed by atoms with Crippen molar-refractivity contribution in [3.63, 3.8) is 0 Å². The van der Waals surface area contributed by atoms with Gasteiger partial charge in [-0.1, -0.05) is 23.7 Å². The van der Waals surface area contributed by atoms with Gasteiger partial charge in [0.1, 0.15) is 5.75 Å². The lowest BCUT2D eigenvalue weighted by Gasteiger charge is -2.13. The molecule has 0 unspecified atom stereocenters. The molecular weight excluding hydrogens is 376 g/mol. The average Bonchev–Trinajstić information content (AvgIpc) is 3.18. The molecular formula is C21H23ClN4O2. The van der Waals surface area contributed by atoms with Gasteiger partial charge in [-0.25, -0.2) is 0 Å². The molecule has 146 valence electrons. The molecule has 0 aliphatic heterocycles. The molecule has 28 heavy (non-hydrogen) atoms. The van der Waals surface area contributed by atoms with Crippen molar-refractivity contribution < 1.29 is 9.53 Å². The minimum absolute atomic E-state index is 0.203. The molecule has 2 N–H and O–H groups in total. The minimum Gasteiger partial charge on any atom is -0.492 e. The Morgan fingerprint density at radius 1 is 1.21 bits per heavy atom. The van der Waals surface area contributed by atoms with Gasteiger partial charge < -0.3 is 15.0 Å². The molecule has 0 saturated carbocycles.